The standard InChI is InChI=1S/C21H20F5NO3/c22-20(23)30-19-4-2-1-3-14(19)13-29-18-7-5-16(6-8-18)27-12-15(21(24,25)26)11-17(27)9-10-28/h1-8,10,15,17,20H,9,11-13H2. The van der Waals surface area contributed by atoms with Crippen molar-refractivity contribution in [3.8, 4) is 11.5 Å². The molecule has 2 unspecified atom stereocenters. The number of para-hydroxylation sites is 1. The minimum atomic E-state index is -4.31. The monoisotopic (exact) mass is 429 g/mol. The van der Waals surface area contributed by atoms with E-state index in [4.69, 9.17) is 4.74 Å². The lowest BCUT2D eigenvalue weighted by Crippen LogP contribution is -2.30. The molecule has 2 aromatic rings. The van der Waals surface area contributed by atoms with Gasteiger partial charge in [0.15, 0.2) is 0 Å². The van der Waals surface area contributed by atoms with Crippen molar-refractivity contribution in [1.82, 2.24) is 0 Å². The predicted octanol–water partition coefficient (Wildman–Crippen LogP) is 5.21. The fraction of sp³-hybridized carbons (Fsp3) is 0.381. The second-order valence-corrected chi connectivity index (χ2v) is 6.95. The Balaban J connectivity index is 1.67. The Bertz CT molecular complexity index is 841. The summed E-state index contributed by atoms with van der Waals surface area (Å²) in [5, 5.41) is 0. The zero-order valence-corrected chi connectivity index (χ0v) is 15.8. The lowest BCUT2D eigenvalue weighted by atomic mass is 10.0. The summed E-state index contributed by atoms with van der Waals surface area (Å²) >= 11 is 0. The van der Waals surface area contributed by atoms with Gasteiger partial charge in [-0.1, -0.05) is 18.2 Å². The molecule has 0 spiro atoms. The Morgan fingerprint density at radius 3 is 2.43 bits per heavy atom. The zero-order valence-electron chi connectivity index (χ0n) is 15.8. The molecule has 4 nitrogen and oxygen atoms in total. The fourth-order valence-corrected chi connectivity index (χ4v) is 3.53. The Morgan fingerprint density at radius 1 is 1.10 bits per heavy atom. The topological polar surface area (TPSA) is 38.8 Å². The molecule has 0 radical (unpaired) electrons. The van der Waals surface area contributed by atoms with Gasteiger partial charge in [-0.15, -0.1) is 0 Å². The Morgan fingerprint density at radius 2 is 1.80 bits per heavy atom. The molecular formula is C21H20F5NO3. The average Bonchev–Trinajstić information content (AvgIpc) is 3.12. The van der Waals surface area contributed by atoms with E-state index in [1.807, 2.05) is 0 Å². The molecule has 1 aliphatic heterocycles. The van der Waals surface area contributed by atoms with Crippen molar-refractivity contribution in [2.45, 2.75) is 38.3 Å². The van der Waals surface area contributed by atoms with Crippen LogP contribution in [0.3, 0.4) is 0 Å². The Kier molecular flexibility index (Phi) is 6.79. The highest BCUT2D eigenvalue weighted by atomic mass is 19.4. The van der Waals surface area contributed by atoms with Crippen molar-refractivity contribution < 1.29 is 36.2 Å². The first-order valence-corrected chi connectivity index (χ1v) is 9.30. The van der Waals surface area contributed by atoms with Gasteiger partial charge < -0.3 is 19.2 Å². The molecule has 0 aromatic heterocycles. The molecule has 3 rings (SSSR count). The van der Waals surface area contributed by atoms with Gasteiger partial charge in [0.05, 0.1) is 5.92 Å². The van der Waals surface area contributed by atoms with Gasteiger partial charge in [0.25, 0.3) is 0 Å². The third-order valence-electron chi connectivity index (χ3n) is 5.00. The molecule has 1 fully saturated rings. The number of carbonyl (C=O) groups is 1. The largest absolute Gasteiger partial charge is 0.489 e. The highest BCUT2D eigenvalue weighted by Gasteiger charge is 2.47. The molecule has 0 amide bonds. The van der Waals surface area contributed by atoms with Crippen LogP contribution in [-0.4, -0.2) is 31.7 Å². The maximum absolute atomic E-state index is 13.1. The van der Waals surface area contributed by atoms with Crippen molar-refractivity contribution in [1.29, 1.82) is 0 Å². The van der Waals surface area contributed by atoms with Gasteiger partial charge in [-0.3, -0.25) is 0 Å². The molecule has 162 valence electrons. The predicted molar refractivity (Wildman–Crippen MR) is 99.8 cm³/mol. The number of rotatable bonds is 8. The van der Waals surface area contributed by atoms with Crippen molar-refractivity contribution in [2.75, 3.05) is 11.4 Å². The number of hydrogen-bond acceptors (Lipinski definition) is 4. The summed E-state index contributed by atoms with van der Waals surface area (Å²) in [4.78, 5) is 12.5. The normalized spacial score (nSPS) is 19.2. The third-order valence-corrected chi connectivity index (χ3v) is 5.00. The second kappa shape index (κ2) is 9.32. The first kappa shape index (κ1) is 21.9. The van der Waals surface area contributed by atoms with Gasteiger partial charge in [-0.05, 0) is 36.8 Å². The van der Waals surface area contributed by atoms with Crippen molar-refractivity contribution >= 4 is 12.0 Å². The number of hydrogen-bond donors (Lipinski definition) is 0. The second-order valence-electron chi connectivity index (χ2n) is 6.95. The summed E-state index contributed by atoms with van der Waals surface area (Å²) in [6, 6.07) is 12.1. The summed E-state index contributed by atoms with van der Waals surface area (Å²) in [6.07, 6.45) is -3.79. The Labute approximate surface area is 170 Å². The van der Waals surface area contributed by atoms with E-state index in [0.717, 1.165) is 0 Å². The molecule has 9 heteroatoms. The van der Waals surface area contributed by atoms with Gasteiger partial charge >= 0.3 is 12.8 Å². The van der Waals surface area contributed by atoms with E-state index in [1.165, 1.54) is 6.07 Å². The van der Waals surface area contributed by atoms with Crippen LogP contribution in [0.2, 0.25) is 0 Å². The number of ether oxygens (including phenoxy) is 2. The zero-order chi connectivity index (χ0) is 21.7. The SMILES string of the molecule is O=CCC1CC(C(F)(F)F)CN1c1ccc(OCc2ccccc2OC(F)F)cc1. The van der Waals surface area contributed by atoms with Gasteiger partial charge in [-0.25, -0.2) is 0 Å². The smallest absolute Gasteiger partial charge is 0.393 e. The highest BCUT2D eigenvalue weighted by Crippen LogP contribution is 2.39. The highest BCUT2D eigenvalue weighted by molar-refractivity contribution is 5.56. The lowest BCUT2D eigenvalue weighted by molar-refractivity contribution is -0.168. The Hall–Kier alpha value is -2.84. The van der Waals surface area contributed by atoms with Crippen LogP contribution in [0.4, 0.5) is 27.6 Å². The minimum absolute atomic E-state index is 0.0103. The van der Waals surface area contributed by atoms with Crippen LogP contribution >= 0.6 is 0 Å². The van der Waals surface area contributed by atoms with E-state index in [-0.39, 0.29) is 31.7 Å². The molecule has 0 N–H and O–H groups in total. The fourth-order valence-electron chi connectivity index (χ4n) is 3.53. The first-order chi connectivity index (χ1) is 14.3. The van der Waals surface area contributed by atoms with E-state index in [9.17, 15) is 26.7 Å². The van der Waals surface area contributed by atoms with E-state index in [1.54, 1.807) is 47.4 Å². The van der Waals surface area contributed by atoms with E-state index in [2.05, 4.69) is 4.74 Å². The van der Waals surface area contributed by atoms with Crippen molar-refractivity contribution in [3.05, 3.63) is 54.1 Å². The van der Waals surface area contributed by atoms with Crippen molar-refractivity contribution in [2.24, 2.45) is 5.92 Å². The summed E-state index contributed by atoms with van der Waals surface area (Å²) < 4.78 is 74.3. The van der Waals surface area contributed by atoms with Gasteiger partial charge in [0, 0.05) is 30.3 Å². The van der Waals surface area contributed by atoms with Crippen LogP contribution in [0.5, 0.6) is 11.5 Å². The molecule has 30 heavy (non-hydrogen) atoms. The van der Waals surface area contributed by atoms with Crippen LogP contribution in [0.1, 0.15) is 18.4 Å². The average molecular weight is 429 g/mol. The van der Waals surface area contributed by atoms with E-state index < -0.39 is 24.7 Å². The third kappa shape index (κ3) is 5.40. The molecule has 0 bridgehead atoms. The molecule has 2 atom stereocenters. The summed E-state index contributed by atoms with van der Waals surface area (Å²) in [7, 11) is 0. The van der Waals surface area contributed by atoms with E-state index >= 15 is 0 Å². The van der Waals surface area contributed by atoms with Gasteiger partial charge in [0.1, 0.15) is 24.4 Å². The van der Waals surface area contributed by atoms with Gasteiger partial charge in [0.2, 0.25) is 0 Å². The summed E-state index contributed by atoms with van der Waals surface area (Å²) in [5.41, 5.74) is 0.989. The summed E-state index contributed by atoms with van der Waals surface area (Å²) in [6.45, 7) is -3.18. The lowest BCUT2D eigenvalue weighted by Gasteiger charge is -2.25. The molecule has 1 saturated heterocycles. The van der Waals surface area contributed by atoms with Crippen LogP contribution in [0.15, 0.2) is 48.5 Å². The molecular weight excluding hydrogens is 409 g/mol. The molecule has 1 heterocycles. The first-order valence-electron chi connectivity index (χ1n) is 9.30. The number of halogens is 5. The van der Waals surface area contributed by atoms with Crippen LogP contribution in [0.25, 0.3) is 0 Å². The van der Waals surface area contributed by atoms with Crippen molar-refractivity contribution in [3.63, 3.8) is 0 Å². The van der Waals surface area contributed by atoms with Gasteiger partial charge in [-0.2, -0.15) is 22.0 Å². The number of benzene rings is 2. The number of aldehydes is 1. The quantitative estimate of drug-likeness (QED) is 0.427. The maximum atomic E-state index is 13.1. The van der Waals surface area contributed by atoms with E-state index in [0.29, 0.717) is 23.3 Å². The molecule has 1 aliphatic rings. The number of nitrogens with zero attached hydrogens (tertiary/aromatic N) is 1. The molecule has 0 saturated carbocycles. The number of alkyl halides is 5. The van der Waals surface area contributed by atoms with Crippen LogP contribution in [-0.2, 0) is 11.4 Å². The van der Waals surface area contributed by atoms with Crippen LogP contribution in [0, 0.1) is 5.92 Å². The number of carbonyl (C=O) groups excluding carboxylic acids is 1. The summed E-state index contributed by atoms with van der Waals surface area (Å²) in [5.74, 6) is -1.05. The maximum Gasteiger partial charge on any atom is 0.393 e. The minimum Gasteiger partial charge on any atom is -0.489 e. The molecule has 0 aliphatic carbocycles. The van der Waals surface area contributed by atoms with Crippen LogP contribution < -0.4 is 14.4 Å². The molecule has 2 aromatic carbocycles. The number of anilines is 1.